The fraction of sp³-hybridized carbons (Fsp3) is 0.724. The van der Waals surface area contributed by atoms with Crippen molar-refractivity contribution in [1.29, 1.82) is 0 Å². The Kier molecular flexibility index (Phi) is 13.2. The van der Waals surface area contributed by atoms with Crippen LogP contribution in [0, 0.1) is 11.3 Å². The van der Waals surface area contributed by atoms with E-state index in [-0.39, 0.29) is 22.6 Å². The quantitative estimate of drug-likeness (QED) is 0.118. The van der Waals surface area contributed by atoms with Crippen LogP contribution in [0.1, 0.15) is 64.4 Å². The van der Waals surface area contributed by atoms with Crippen molar-refractivity contribution < 1.29 is 36.6 Å². The minimum absolute atomic E-state index is 0.0722. The van der Waals surface area contributed by atoms with Gasteiger partial charge < -0.3 is 25.1 Å². The van der Waals surface area contributed by atoms with Gasteiger partial charge in [-0.05, 0) is 49.3 Å². The maximum Gasteiger partial charge on any atom is 0.294 e. The van der Waals surface area contributed by atoms with Crippen LogP contribution in [0.15, 0.2) is 29.2 Å². The number of likely N-dealkylation sites (N-methyl/N-ethyl adjacent to an activating group) is 2. The smallest absolute Gasteiger partial charge is 0.294 e. The summed E-state index contributed by atoms with van der Waals surface area (Å²) in [6, 6.07) is 5.93. The van der Waals surface area contributed by atoms with E-state index in [9.17, 15) is 27.7 Å². The molecular weight excluding hydrogens is 532 g/mol. The first-order valence-corrected chi connectivity index (χ1v) is 15.6. The van der Waals surface area contributed by atoms with E-state index >= 15 is 0 Å². The fourth-order valence-corrected chi connectivity index (χ4v) is 5.77. The van der Waals surface area contributed by atoms with E-state index in [1.54, 1.807) is 12.1 Å². The molecule has 1 rings (SSSR count). The highest BCUT2D eigenvalue weighted by molar-refractivity contribution is 7.85. The zero-order valence-electron chi connectivity index (χ0n) is 25.8. The van der Waals surface area contributed by atoms with Crippen LogP contribution >= 0.6 is 0 Å². The lowest BCUT2D eigenvalue weighted by atomic mass is 9.73. The second kappa shape index (κ2) is 14.7. The van der Waals surface area contributed by atoms with E-state index in [4.69, 9.17) is 5.73 Å². The monoisotopic (exact) mass is 586 g/mol. The van der Waals surface area contributed by atoms with E-state index in [0.29, 0.717) is 54.3 Å². The van der Waals surface area contributed by atoms with Gasteiger partial charge in [-0.25, -0.2) is 0 Å². The SMILES string of the molecule is CCC(CC(CC(C)(CC)C(=O)NCCC[N+](C)(C)CC(O)C[N+](C)(C)C)c1ccc(S(=O)(=O)O)cc1)C(N)=O. The van der Waals surface area contributed by atoms with Crippen molar-refractivity contribution >= 4 is 21.9 Å². The standard InChI is InChI=1S/C29H52N4O6S/c1-9-22(27(30)35)18-24(23-12-14-26(15-13-23)40(37,38)39)19-29(3,10-2)28(36)31-16-11-17-33(7,8)21-25(34)20-32(4,5)6/h12-15,22,24-25,34H,9-11,16-21H2,1-8H3,(H2-2,30,31,35,36,37,38,39)/p+2. The van der Waals surface area contributed by atoms with Gasteiger partial charge in [0.25, 0.3) is 10.1 Å². The highest BCUT2D eigenvalue weighted by Gasteiger charge is 2.36. The molecule has 0 aromatic heterocycles. The minimum atomic E-state index is -4.33. The number of aliphatic hydroxyl groups is 1. The Morgan fingerprint density at radius 2 is 1.62 bits per heavy atom. The molecule has 4 unspecified atom stereocenters. The highest BCUT2D eigenvalue weighted by Crippen LogP contribution is 2.39. The van der Waals surface area contributed by atoms with E-state index in [2.05, 4.69) is 40.6 Å². The number of carbonyl (C=O) groups excluding carboxylic acids is 2. The number of benzene rings is 1. The van der Waals surface area contributed by atoms with Crippen LogP contribution in [0.2, 0.25) is 0 Å². The lowest BCUT2D eigenvalue weighted by Crippen LogP contribution is -2.52. The van der Waals surface area contributed by atoms with Crippen molar-refractivity contribution in [3.63, 3.8) is 0 Å². The summed E-state index contributed by atoms with van der Waals surface area (Å²) in [5, 5.41) is 13.6. The predicted octanol–water partition coefficient (Wildman–Crippen LogP) is 2.37. The Bertz CT molecular complexity index is 1070. The Balaban J connectivity index is 2.95. The number of aliphatic hydroxyl groups excluding tert-OH is 1. The average molecular weight is 587 g/mol. The molecule has 0 saturated carbocycles. The molecule has 0 spiro atoms. The number of amides is 2. The van der Waals surface area contributed by atoms with Crippen LogP contribution in [0.5, 0.6) is 0 Å². The third kappa shape index (κ3) is 12.2. The second-order valence-corrected chi connectivity index (χ2v) is 14.6. The van der Waals surface area contributed by atoms with Crippen LogP contribution in [0.3, 0.4) is 0 Å². The Morgan fingerprint density at radius 3 is 2.08 bits per heavy atom. The van der Waals surface area contributed by atoms with Gasteiger partial charge in [-0.1, -0.05) is 32.9 Å². The maximum atomic E-state index is 13.4. The normalized spacial score (nSPS) is 16.6. The first kappa shape index (κ1) is 36.0. The number of hydrogen-bond acceptors (Lipinski definition) is 5. The van der Waals surface area contributed by atoms with Gasteiger partial charge in [0.1, 0.15) is 13.1 Å². The van der Waals surface area contributed by atoms with Gasteiger partial charge in [0.15, 0.2) is 6.10 Å². The zero-order valence-corrected chi connectivity index (χ0v) is 26.6. The summed E-state index contributed by atoms with van der Waals surface area (Å²) >= 11 is 0. The number of quaternary nitrogens is 2. The van der Waals surface area contributed by atoms with Crippen LogP contribution in [-0.4, -0.2) is 106 Å². The number of nitrogens with two attached hydrogens (primary N) is 1. The molecule has 0 radical (unpaired) electrons. The van der Waals surface area contributed by atoms with Crippen LogP contribution in [0.25, 0.3) is 0 Å². The van der Waals surface area contributed by atoms with Crippen molar-refractivity contribution in [2.24, 2.45) is 17.1 Å². The van der Waals surface area contributed by atoms with Gasteiger partial charge in [0.2, 0.25) is 11.8 Å². The third-order valence-electron chi connectivity index (χ3n) is 7.83. The summed E-state index contributed by atoms with van der Waals surface area (Å²) in [6.07, 6.45) is 2.36. The summed E-state index contributed by atoms with van der Waals surface area (Å²) in [5.74, 6) is -1.08. The third-order valence-corrected chi connectivity index (χ3v) is 8.70. The molecule has 10 nitrogen and oxygen atoms in total. The largest absolute Gasteiger partial charge is 0.382 e. The van der Waals surface area contributed by atoms with Gasteiger partial charge >= 0.3 is 0 Å². The summed E-state index contributed by atoms with van der Waals surface area (Å²) in [4.78, 5) is 25.3. The van der Waals surface area contributed by atoms with E-state index < -0.39 is 27.5 Å². The molecule has 0 heterocycles. The van der Waals surface area contributed by atoms with Crippen molar-refractivity contribution in [3.8, 4) is 0 Å². The zero-order chi connectivity index (χ0) is 30.9. The molecule has 1 aromatic carbocycles. The van der Waals surface area contributed by atoms with Crippen molar-refractivity contribution in [2.75, 3.05) is 61.4 Å². The Labute approximate surface area is 241 Å². The Hall–Kier alpha value is -2.05. The molecule has 0 fully saturated rings. The van der Waals surface area contributed by atoms with Gasteiger partial charge in [-0.2, -0.15) is 8.42 Å². The predicted molar refractivity (Wildman–Crippen MR) is 158 cm³/mol. The number of nitrogens with one attached hydrogen (secondary N) is 1. The van der Waals surface area contributed by atoms with Gasteiger partial charge in [-0.3, -0.25) is 14.1 Å². The molecule has 0 saturated heterocycles. The van der Waals surface area contributed by atoms with Crippen LogP contribution in [-0.2, 0) is 19.7 Å². The number of nitrogens with zero attached hydrogens (tertiary/aromatic N) is 2. The molecule has 0 aliphatic heterocycles. The van der Waals surface area contributed by atoms with E-state index in [1.807, 2.05) is 20.8 Å². The first-order chi connectivity index (χ1) is 18.2. The van der Waals surface area contributed by atoms with Crippen molar-refractivity contribution in [2.45, 2.75) is 69.8 Å². The summed E-state index contributed by atoms with van der Waals surface area (Å²) < 4.78 is 33.7. The number of carbonyl (C=O) groups is 2. The molecule has 40 heavy (non-hydrogen) atoms. The molecule has 4 atom stereocenters. The average Bonchev–Trinajstić information content (AvgIpc) is 2.81. The van der Waals surface area contributed by atoms with Gasteiger partial charge in [-0.15, -0.1) is 0 Å². The van der Waals surface area contributed by atoms with Crippen LogP contribution in [0.4, 0.5) is 0 Å². The number of rotatable bonds is 18. The number of hydrogen-bond donors (Lipinski definition) is 4. The van der Waals surface area contributed by atoms with E-state index in [1.165, 1.54) is 12.1 Å². The topological polar surface area (TPSA) is 147 Å². The first-order valence-electron chi connectivity index (χ1n) is 14.2. The maximum absolute atomic E-state index is 13.4. The highest BCUT2D eigenvalue weighted by atomic mass is 32.2. The molecule has 0 bridgehead atoms. The lowest BCUT2D eigenvalue weighted by Gasteiger charge is -2.35. The Morgan fingerprint density at radius 1 is 1.05 bits per heavy atom. The van der Waals surface area contributed by atoms with Gasteiger partial charge in [0.05, 0.1) is 46.7 Å². The van der Waals surface area contributed by atoms with Crippen molar-refractivity contribution in [3.05, 3.63) is 29.8 Å². The molecule has 0 aliphatic rings. The fourth-order valence-electron chi connectivity index (χ4n) is 5.29. The molecule has 11 heteroatoms. The molecule has 2 amide bonds. The second-order valence-electron chi connectivity index (χ2n) is 13.2. The number of primary amides is 1. The molecule has 0 aliphatic carbocycles. The molecule has 1 aromatic rings. The van der Waals surface area contributed by atoms with Crippen molar-refractivity contribution in [1.82, 2.24) is 5.32 Å². The molecule has 5 N–H and O–H groups in total. The molecular formula is C29H54N4O6S+2. The van der Waals surface area contributed by atoms with Gasteiger partial charge in [0, 0.05) is 24.3 Å². The lowest BCUT2D eigenvalue weighted by molar-refractivity contribution is -0.907. The summed E-state index contributed by atoms with van der Waals surface area (Å²) in [7, 11) is 5.99. The van der Waals surface area contributed by atoms with E-state index in [0.717, 1.165) is 18.5 Å². The molecule has 230 valence electrons. The minimum Gasteiger partial charge on any atom is -0.382 e. The van der Waals surface area contributed by atoms with Crippen LogP contribution < -0.4 is 11.1 Å². The summed E-state index contributed by atoms with van der Waals surface area (Å²) in [6.45, 7) is 8.37. The summed E-state index contributed by atoms with van der Waals surface area (Å²) in [5.41, 5.74) is 5.69.